The monoisotopic (exact) mass is 373 g/mol. The van der Waals surface area contributed by atoms with Crippen LogP contribution >= 0.6 is 15.9 Å². The second kappa shape index (κ2) is 6.26. The molecule has 2 aromatic rings. The van der Waals surface area contributed by atoms with Gasteiger partial charge >= 0.3 is 0 Å². The Morgan fingerprint density at radius 1 is 1.26 bits per heavy atom. The van der Waals surface area contributed by atoms with Gasteiger partial charge in [0.1, 0.15) is 11.5 Å². The molecule has 2 aromatic carbocycles. The third-order valence-corrected chi connectivity index (χ3v) is 3.94. The molecule has 0 bridgehead atoms. The van der Waals surface area contributed by atoms with E-state index in [2.05, 4.69) is 15.9 Å². The van der Waals surface area contributed by atoms with E-state index in [1.165, 1.54) is 0 Å². The van der Waals surface area contributed by atoms with Crippen LogP contribution in [0.2, 0.25) is 0 Å². The molecule has 0 spiro atoms. The number of carbonyl (C=O) groups excluding carboxylic acids is 2. The van der Waals surface area contributed by atoms with Crippen LogP contribution in [0.1, 0.15) is 15.9 Å². The molecule has 23 heavy (non-hydrogen) atoms. The predicted octanol–water partition coefficient (Wildman–Crippen LogP) is 2.93. The molecule has 1 amide bonds. The maximum atomic E-state index is 12.4. The van der Waals surface area contributed by atoms with E-state index >= 15 is 0 Å². The van der Waals surface area contributed by atoms with Crippen molar-refractivity contribution in [3.05, 3.63) is 63.8 Å². The minimum Gasteiger partial charge on any atom is -0.484 e. The summed E-state index contributed by atoms with van der Waals surface area (Å²) in [6.45, 7) is -0.230. The van der Waals surface area contributed by atoms with Gasteiger partial charge in [0.25, 0.3) is 5.91 Å². The quantitative estimate of drug-likeness (QED) is 0.835. The Morgan fingerprint density at radius 3 is 2.78 bits per heavy atom. The molecule has 0 unspecified atom stereocenters. The van der Waals surface area contributed by atoms with Crippen molar-refractivity contribution in [1.82, 2.24) is 0 Å². The molecule has 0 saturated heterocycles. The van der Waals surface area contributed by atoms with Crippen molar-refractivity contribution in [1.29, 1.82) is 0 Å². The van der Waals surface area contributed by atoms with Crippen LogP contribution < -0.4 is 15.2 Å². The zero-order valence-corrected chi connectivity index (χ0v) is 13.5. The molecular weight excluding hydrogens is 362 g/mol. The van der Waals surface area contributed by atoms with Gasteiger partial charge in [-0.3, -0.25) is 9.59 Å². The van der Waals surface area contributed by atoms with Gasteiger partial charge < -0.3 is 15.2 Å². The molecule has 0 atom stereocenters. The maximum Gasteiger partial charge on any atom is 0.255 e. The van der Waals surface area contributed by atoms with E-state index in [1.54, 1.807) is 24.3 Å². The van der Waals surface area contributed by atoms with Gasteiger partial charge in [0.15, 0.2) is 12.4 Å². The second-order valence-electron chi connectivity index (χ2n) is 4.87. The Hall–Kier alpha value is -2.60. The molecule has 5 nitrogen and oxygen atoms in total. The fourth-order valence-corrected chi connectivity index (χ4v) is 2.54. The number of Topliss-reactive ketones (excluding diaryl/α,β-unsaturated/α-hetero) is 1. The highest BCUT2D eigenvalue weighted by Crippen LogP contribution is 2.35. The Labute approximate surface area is 140 Å². The first-order valence-corrected chi connectivity index (χ1v) is 7.58. The zero-order chi connectivity index (χ0) is 16.4. The molecule has 6 heteroatoms. The van der Waals surface area contributed by atoms with Crippen LogP contribution in [0.3, 0.4) is 0 Å². The summed E-state index contributed by atoms with van der Waals surface area (Å²) >= 11 is 3.43. The molecule has 0 fully saturated rings. The normalized spacial score (nSPS) is 14.5. The van der Waals surface area contributed by atoms with E-state index in [1.807, 2.05) is 24.3 Å². The summed E-state index contributed by atoms with van der Waals surface area (Å²) in [5, 5.41) is 0. The minimum atomic E-state index is -0.572. The molecule has 0 radical (unpaired) electrons. The minimum absolute atomic E-state index is 0.197. The molecule has 0 saturated carbocycles. The van der Waals surface area contributed by atoms with Crippen LogP contribution in [0, 0.1) is 0 Å². The lowest BCUT2D eigenvalue weighted by atomic mass is 10.1. The van der Waals surface area contributed by atoms with Gasteiger partial charge in [0.2, 0.25) is 5.78 Å². The number of primary amides is 1. The molecule has 0 aliphatic carbocycles. The van der Waals surface area contributed by atoms with Crippen molar-refractivity contribution in [2.45, 2.75) is 0 Å². The van der Waals surface area contributed by atoms with E-state index in [4.69, 9.17) is 15.2 Å². The fourth-order valence-electron chi connectivity index (χ4n) is 2.14. The summed E-state index contributed by atoms with van der Waals surface area (Å²) < 4.78 is 11.7. The Balaban J connectivity index is 1.87. The summed E-state index contributed by atoms with van der Waals surface area (Å²) in [4.78, 5) is 23.1. The summed E-state index contributed by atoms with van der Waals surface area (Å²) in [6, 6.07) is 12.3. The lowest BCUT2D eigenvalue weighted by Crippen LogP contribution is -2.19. The zero-order valence-electron chi connectivity index (χ0n) is 11.9. The van der Waals surface area contributed by atoms with Crippen molar-refractivity contribution in [3.63, 3.8) is 0 Å². The molecule has 3 rings (SSSR count). The highest BCUT2D eigenvalue weighted by atomic mass is 79.9. The molecule has 1 aliphatic heterocycles. The van der Waals surface area contributed by atoms with Crippen LogP contribution in [0.5, 0.6) is 11.5 Å². The van der Waals surface area contributed by atoms with Crippen molar-refractivity contribution in [2.75, 3.05) is 6.61 Å². The smallest absolute Gasteiger partial charge is 0.255 e. The number of ether oxygens (including phenoxy) is 2. The molecule has 116 valence electrons. The molecule has 2 N–H and O–H groups in total. The van der Waals surface area contributed by atoms with Gasteiger partial charge in [0.05, 0.1) is 5.56 Å². The van der Waals surface area contributed by atoms with Gasteiger partial charge in [-0.05, 0) is 29.8 Å². The lowest BCUT2D eigenvalue weighted by Gasteiger charge is -2.04. The average Bonchev–Trinajstić information content (AvgIpc) is 2.83. The van der Waals surface area contributed by atoms with Gasteiger partial charge in [0, 0.05) is 10.5 Å². The summed E-state index contributed by atoms with van der Waals surface area (Å²) in [7, 11) is 0. The Bertz CT molecular complexity index is 829. The second-order valence-corrected chi connectivity index (χ2v) is 5.73. The number of benzene rings is 2. The summed E-state index contributed by atoms with van der Waals surface area (Å²) in [5.74, 6) is 0.279. The van der Waals surface area contributed by atoms with Crippen LogP contribution in [-0.2, 0) is 4.79 Å². The van der Waals surface area contributed by atoms with Crippen LogP contribution in [0.4, 0.5) is 0 Å². The molecule has 0 aromatic heterocycles. The maximum absolute atomic E-state index is 12.4. The van der Waals surface area contributed by atoms with E-state index in [9.17, 15) is 9.59 Å². The highest BCUT2D eigenvalue weighted by molar-refractivity contribution is 9.10. The lowest BCUT2D eigenvalue weighted by molar-refractivity contribution is -0.119. The Morgan fingerprint density at radius 2 is 2.04 bits per heavy atom. The van der Waals surface area contributed by atoms with Gasteiger partial charge in [-0.2, -0.15) is 0 Å². The van der Waals surface area contributed by atoms with Crippen molar-refractivity contribution in [3.8, 4) is 11.5 Å². The molecule has 1 heterocycles. The van der Waals surface area contributed by atoms with Gasteiger partial charge in [-0.25, -0.2) is 0 Å². The topological polar surface area (TPSA) is 78.6 Å². The number of amides is 1. The van der Waals surface area contributed by atoms with E-state index in [0.717, 1.165) is 10.0 Å². The van der Waals surface area contributed by atoms with E-state index in [0.29, 0.717) is 17.1 Å². The molecule has 1 aliphatic rings. The number of hydrogen-bond donors (Lipinski definition) is 1. The first-order valence-electron chi connectivity index (χ1n) is 6.78. The van der Waals surface area contributed by atoms with Crippen LogP contribution in [0.15, 0.2) is 52.7 Å². The number of hydrogen-bond acceptors (Lipinski definition) is 4. The first kappa shape index (κ1) is 15.3. The SMILES string of the molecule is NC(=O)COc1ccc2c(c1)OC(=Cc1ccccc1Br)C2=O. The van der Waals surface area contributed by atoms with Crippen LogP contribution in [0.25, 0.3) is 6.08 Å². The van der Waals surface area contributed by atoms with Crippen molar-refractivity contribution in [2.24, 2.45) is 5.73 Å². The number of halogens is 1. The largest absolute Gasteiger partial charge is 0.484 e. The molecular formula is C17H12BrNO4. The number of carbonyl (C=O) groups is 2. The average molecular weight is 374 g/mol. The van der Waals surface area contributed by atoms with Crippen molar-refractivity contribution >= 4 is 33.7 Å². The first-order chi connectivity index (χ1) is 11.0. The number of nitrogens with two attached hydrogens (primary N) is 1. The number of rotatable bonds is 4. The van der Waals surface area contributed by atoms with Gasteiger partial charge in [-0.1, -0.05) is 34.1 Å². The fraction of sp³-hybridized carbons (Fsp3) is 0.0588. The van der Waals surface area contributed by atoms with Gasteiger partial charge in [-0.15, -0.1) is 0 Å². The Kier molecular flexibility index (Phi) is 4.16. The third-order valence-electron chi connectivity index (χ3n) is 3.21. The highest BCUT2D eigenvalue weighted by Gasteiger charge is 2.27. The third kappa shape index (κ3) is 3.27. The number of fused-ring (bicyclic) bond motifs is 1. The van der Waals surface area contributed by atoms with E-state index in [-0.39, 0.29) is 18.1 Å². The summed E-state index contributed by atoms with van der Waals surface area (Å²) in [6.07, 6.45) is 1.68. The number of ketones is 1. The number of allylic oxidation sites excluding steroid dienone is 1. The standard InChI is InChI=1S/C17H12BrNO4/c18-13-4-2-1-3-10(13)7-15-17(21)12-6-5-11(8-14(12)23-15)22-9-16(19)20/h1-8H,9H2,(H2,19,20). The van der Waals surface area contributed by atoms with E-state index < -0.39 is 5.91 Å². The van der Waals surface area contributed by atoms with Crippen molar-refractivity contribution < 1.29 is 19.1 Å². The van der Waals surface area contributed by atoms with Crippen LogP contribution in [-0.4, -0.2) is 18.3 Å². The summed E-state index contributed by atoms with van der Waals surface area (Å²) in [5.41, 5.74) is 6.33. The predicted molar refractivity (Wildman–Crippen MR) is 88.2 cm³/mol.